The number of hydrogen-bond acceptors (Lipinski definition) is 4. The zero-order chi connectivity index (χ0) is 17.5. The molecule has 3 amide bonds. The fourth-order valence-electron chi connectivity index (χ4n) is 2.06. The molecule has 1 aromatic heterocycles. The Balaban J connectivity index is 1.87. The zero-order valence-electron chi connectivity index (χ0n) is 13.2. The quantitative estimate of drug-likeness (QED) is 0.715. The number of benzene rings is 1. The second-order valence-electron chi connectivity index (χ2n) is 5.25. The maximum Gasteiger partial charge on any atom is 0.321 e. The van der Waals surface area contributed by atoms with Gasteiger partial charge in [0.2, 0.25) is 5.91 Å². The van der Waals surface area contributed by atoms with E-state index in [0.717, 1.165) is 16.9 Å². The molecule has 2 rings (SSSR count). The van der Waals surface area contributed by atoms with Crippen LogP contribution < -0.4 is 16.4 Å². The third kappa shape index (κ3) is 5.31. The Kier molecular flexibility index (Phi) is 6.25. The lowest BCUT2D eigenvalue weighted by molar-refractivity contribution is -0.121. The molecule has 128 valence electrons. The van der Waals surface area contributed by atoms with Crippen LogP contribution in [-0.2, 0) is 17.6 Å². The van der Waals surface area contributed by atoms with Crippen molar-refractivity contribution in [2.24, 2.45) is 11.7 Å². The molecule has 0 bridgehead atoms. The van der Waals surface area contributed by atoms with Crippen LogP contribution >= 0.6 is 11.3 Å². The molecule has 0 spiro atoms. The van der Waals surface area contributed by atoms with Crippen LogP contribution in [0.15, 0.2) is 30.5 Å². The lowest BCUT2D eigenvalue weighted by Gasteiger charge is -2.14. The Hall–Kier alpha value is -2.48. The van der Waals surface area contributed by atoms with Gasteiger partial charge in [-0.05, 0) is 30.5 Å². The largest absolute Gasteiger partial charge is 0.369 e. The SMILES string of the molecule is CCc1cnc(NC(=O)NCC(Cc2ccc(F)cc2)C(N)=O)s1. The Morgan fingerprint density at radius 1 is 1.33 bits per heavy atom. The maximum atomic E-state index is 12.9. The lowest BCUT2D eigenvalue weighted by Crippen LogP contribution is -2.39. The maximum absolute atomic E-state index is 12.9. The van der Waals surface area contributed by atoms with Gasteiger partial charge in [-0.25, -0.2) is 14.2 Å². The van der Waals surface area contributed by atoms with Gasteiger partial charge >= 0.3 is 6.03 Å². The van der Waals surface area contributed by atoms with Crippen LogP contribution in [0.25, 0.3) is 0 Å². The van der Waals surface area contributed by atoms with E-state index in [1.165, 1.54) is 23.5 Å². The molecule has 4 N–H and O–H groups in total. The lowest BCUT2D eigenvalue weighted by atomic mass is 9.98. The summed E-state index contributed by atoms with van der Waals surface area (Å²) < 4.78 is 12.9. The summed E-state index contributed by atoms with van der Waals surface area (Å²) in [7, 11) is 0. The average Bonchev–Trinajstić information content (AvgIpc) is 3.00. The average molecular weight is 350 g/mol. The Bertz CT molecular complexity index is 702. The first-order chi connectivity index (χ1) is 11.5. The van der Waals surface area contributed by atoms with Crippen molar-refractivity contribution in [1.82, 2.24) is 10.3 Å². The number of thiazole rings is 1. The predicted molar refractivity (Wildman–Crippen MR) is 91.3 cm³/mol. The van der Waals surface area contributed by atoms with Crippen molar-refractivity contribution >= 4 is 28.4 Å². The molecule has 0 saturated carbocycles. The van der Waals surface area contributed by atoms with Crippen molar-refractivity contribution in [3.05, 3.63) is 46.7 Å². The molecule has 0 fully saturated rings. The second kappa shape index (κ2) is 8.39. The second-order valence-corrected chi connectivity index (χ2v) is 6.37. The summed E-state index contributed by atoms with van der Waals surface area (Å²) in [4.78, 5) is 28.6. The third-order valence-corrected chi connectivity index (χ3v) is 4.49. The fraction of sp³-hybridized carbons (Fsp3) is 0.312. The number of amides is 3. The number of rotatable bonds is 7. The van der Waals surface area contributed by atoms with Gasteiger partial charge in [-0.3, -0.25) is 10.1 Å². The molecule has 0 aliphatic rings. The molecule has 2 aromatic rings. The van der Waals surface area contributed by atoms with E-state index in [0.29, 0.717) is 11.6 Å². The first-order valence-corrected chi connectivity index (χ1v) is 8.33. The van der Waals surface area contributed by atoms with E-state index >= 15 is 0 Å². The number of hydrogen-bond donors (Lipinski definition) is 3. The molecule has 1 unspecified atom stereocenters. The van der Waals surface area contributed by atoms with E-state index < -0.39 is 17.9 Å². The normalized spacial score (nSPS) is 11.8. The number of carbonyl (C=O) groups excluding carboxylic acids is 2. The summed E-state index contributed by atoms with van der Waals surface area (Å²) in [5.74, 6) is -1.45. The van der Waals surface area contributed by atoms with Crippen LogP contribution in [0.5, 0.6) is 0 Å². The summed E-state index contributed by atoms with van der Waals surface area (Å²) in [5.41, 5.74) is 6.15. The van der Waals surface area contributed by atoms with Crippen molar-refractivity contribution < 1.29 is 14.0 Å². The summed E-state index contributed by atoms with van der Waals surface area (Å²) in [6.07, 6.45) is 2.89. The van der Waals surface area contributed by atoms with Gasteiger partial charge in [-0.15, -0.1) is 11.3 Å². The molecule has 1 heterocycles. The monoisotopic (exact) mass is 350 g/mol. The van der Waals surface area contributed by atoms with Crippen molar-refractivity contribution in [1.29, 1.82) is 0 Å². The molecule has 1 atom stereocenters. The van der Waals surface area contributed by atoms with Crippen LogP contribution in [-0.4, -0.2) is 23.5 Å². The van der Waals surface area contributed by atoms with Gasteiger partial charge in [0.25, 0.3) is 0 Å². The first kappa shape index (κ1) is 17.9. The van der Waals surface area contributed by atoms with E-state index in [1.54, 1.807) is 18.3 Å². The highest BCUT2D eigenvalue weighted by Crippen LogP contribution is 2.18. The molecule has 6 nitrogen and oxygen atoms in total. The molecule has 0 radical (unpaired) electrons. The predicted octanol–water partition coefficient (Wildman–Crippen LogP) is 2.31. The number of aromatic nitrogens is 1. The molecule has 24 heavy (non-hydrogen) atoms. The van der Waals surface area contributed by atoms with E-state index in [4.69, 9.17) is 5.73 Å². The van der Waals surface area contributed by atoms with Crippen molar-refractivity contribution in [3.8, 4) is 0 Å². The molecule has 0 saturated heterocycles. The Morgan fingerprint density at radius 3 is 2.62 bits per heavy atom. The number of halogens is 1. The van der Waals surface area contributed by atoms with Gasteiger partial charge in [-0.1, -0.05) is 19.1 Å². The minimum atomic E-state index is -0.580. The molecule has 1 aromatic carbocycles. The van der Waals surface area contributed by atoms with Gasteiger partial charge in [0.05, 0.1) is 5.92 Å². The standard InChI is InChI=1S/C16H19FN4O2S/c1-2-13-9-20-16(24-13)21-15(23)19-8-11(14(18)22)7-10-3-5-12(17)6-4-10/h3-6,9,11H,2,7-8H2,1H3,(H2,18,22)(H2,19,20,21,23). The molecular weight excluding hydrogens is 331 g/mol. The van der Waals surface area contributed by atoms with Crippen LogP contribution in [0.1, 0.15) is 17.4 Å². The van der Waals surface area contributed by atoms with Crippen molar-refractivity contribution in [3.63, 3.8) is 0 Å². The van der Waals surface area contributed by atoms with Crippen molar-refractivity contribution in [2.45, 2.75) is 19.8 Å². The van der Waals surface area contributed by atoms with Gasteiger partial charge in [0, 0.05) is 17.6 Å². The number of nitrogens with two attached hydrogens (primary N) is 1. The summed E-state index contributed by atoms with van der Waals surface area (Å²) >= 11 is 1.40. The van der Waals surface area contributed by atoms with Crippen LogP contribution in [0.3, 0.4) is 0 Å². The highest BCUT2D eigenvalue weighted by molar-refractivity contribution is 7.15. The fourth-order valence-corrected chi connectivity index (χ4v) is 2.81. The molecule has 0 aliphatic heterocycles. The number of aryl methyl sites for hydroxylation is 1. The number of nitrogens with one attached hydrogen (secondary N) is 2. The zero-order valence-corrected chi connectivity index (χ0v) is 14.0. The summed E-state index contributed by atoms with van der Waals surface area (Å²) in [6, 6.07) is 5.38. The summed E-state index contributed by atoms with van der Waals surface area (Å²) in [6.45, 7) is 2.09. The van der Waals surface area contributed by atoms with Crippen molar-refractivity contribution in [2.75, 3.05) is 11.9 Å². The minimum Gasteiger partial charge on any atom is -0.369 e. The minimum absolute atomic E-state index is 0.0879. The first-order valence-electron chi connectivity index (χ1n) is 7.51. The van der Waals surface area contributed by atoms with Gasteiger partial charge in [-0.2, -0.15) is 0 Å². The Morgan fingerprint density at radius 2 is 2.04 bits per heavy atom. The van der Waals surface area contributed by atoms with Crippen LogP contribution in [0.4, 0.5) is 14.3 Å². The highest BCUT2D eigenvalue weighted by atomic mass is 32.1. The van der Waals surface area contributed by atoms with Crippen LogP contribution in [0.2, 0.25) is 0 Å². The number of anilines is 1. The van der Waals surface area contributed by atoms with Gasteiger partial charge in [0.15, 0.2) is 5.13 Å². The van der Waals surface area contributed by atoms with E-state index in [1.807, 2.05) is 6.92 Å². The number of carbonyl (C=O) groups is 2. The smallest absolute Gasteiger partial charge is 0.321 e. The van der Waals surface area contributed by atoms with Crippen LogP contribution in [0, 0.1) is 11.7 Å². The number of nitrogens with zero attached hydrogens (tertiary/aromatic N) is 1. The van der Waals surface area contributed by atoms with E-state index in [2.05, 4.69) is 15.6 Å². The van der Waals surface area contributed by atoms with E-state index in [9.17, 15) is 14.0 Å². The third-order valence-electron chi connectivity index (χ3n) is 3.43. The number of primary amides is 1. The molecule has 8 heteroatoms. The topological polar surface area (TPSA) is 97.1 Å². The summed E-state index contributed by atoms with van der Waals surface area (Å²) in [5, 5.41) is 5.73. The van der Waals surface area contributed by atoms with Gasteiger partial charge < -0.3 is 11.1 Å². The Labute approximate surface area is 143 Å². The molecule has 0 aliphatic carbocycles. The van der Waals surface area contributed by atoms with E-state index in [-0.39, 0.29) is 12.4 Å². The molecular formula is C16H19FN4O2S. The highest BCUT2D eigenvalue weighted by Gasteiger charge is 2.17. The van der Waals surface area contributed by atoms with Gasteiger partial charge in [0.1, 0.15) is 5.82 Å². The number of urea groups is 1.